The number of thiazole rings is 1. The number of methoxy groups -OCH3 is 1. The minimum absolute atomic E-state index is 0.0276. The van der Waals surface area contributed by atoms with Crippen LogP contribution in [0.3, 0.4) is 0 Å². The molecule has 1 atom stereocenters. The number of aromatic nitrogens is 1. The monoisotopic (exact) mass is 500 g/mol. The number of carbonyl (C=O) groups excluding carboxylic acids is 2. The first-order valence-electron chi connectivity index (χ1n) is 10.7. The summed E-state index contributed by atoms with van der Waals surface area (Å²) < 4.78 is 18.5. The third kappa shape index (κ3) is 7.47. The maximum absolute atomic E-state index is 13.2. The minimum Gasteiger partial charge on any atom is -0.497 e. The zero-order valence-electron chi connectivity index (χ0n) is 19.2. The Labute approximate surface area is 205 Å². The Bertz CT molecular complexity index is 1130. The van der Waals surface area contributed by atoms with Crippen molar-refractivity contribution in [1.29, 1.82) is 0 Å². The van der Waals surface area contributed by atoms with Crippen LogP contribution in [0.25, 0.3) is 0 Å². The standard InChI is InChI=1S/C24H28N4O4S2/c1-17-23(24(30)27-34(25)31)26-21(33-17)16-28(14-6-9-18-7-4-3-5-8-18)22(29)15-19-10-12-20(32-2)13-11-19/h3-5,7-8,10-13H,6,9,14-16,25H2,1-2H3,(H,27,30). The van der Waals surface area contributed by atoms with Crippen molar-refractivity contribution >= 4 is 34.3 Å². The summed E-state index contributed by atoms with van der Waals surface area (Å²) in [4.78, 5) is 32.3. The highest BCUT2D eigenvalue weighted by Crippen LogP contribution is 2.20. The molecule has 0 aliphatic heterocycles. The molecule has 2 amide bonds. The Hall–Kier alpha value is -3.08. The number of nitrogens with one attached hydrogen (secondary N) is 1. The van der Waals surface area contributed by atoms with Crippen molar-refractivity contribution in [3.8, 4) is 5.75 Å². The number of ether oxygens (including phenoxy) is 1. The molecule has 0 saturated heterocycles. The lowest BCUT2D eigenvalue weighted by Crippen LogP contribution is -2.33. The van der Waals surface area contributed by atoms with Crippen LogP contribution in [0.15, 0.2) is 54.6 Å². The van der Waals surface area contributed by atoms with Gasteiger partial charge in [-0.1, -0.05) is 42.5 Å². The van der Waals surface area contributed by atoms with E-state index in [4.69, 9.17) is 9.88 Å². The Morgan fingerprint density at radius 3 is 2.47 bits per heavy atom. The van der Waals surface area contributed by atoms with E-state index in [-0.39, 0.29) is 24.6 Å². The molecule has 8 nitrogen and oxygen atoms in total. The molecular weight excluding hydrogens is 472 g/mol. The lowest BCUT2D eigenvalue weighted by Gasteiger charge is -2.22. The van der Waals surface area contributed by atoms with Crippen LogP contribution in [0.2, 0.25) is 0 Å². The van der Waals surface area contributed by atoms with Crippen molar-refractivity contribution in [2.45, 2.75) is 32.7 Å². The van der Waals surface area contributed by atoms with Gasteiger partial charge in [0.2, 0.25) is 5.91 Å². The van der Waals surface area contributed by atoms with Crippen molar-refractivity contribution in [2.75, 3.05) is 13.7 Å². The van der Waals surface area contributed by atoms with Gasteiger partial charge < -0.3 is 9.64 Å². The summed E-state index contributed by atoms with van der Waals surface area (Å²) in [6, 6.07) is 17.5. The zero-order chi connectivity index (χ0) is 24.5. The van der Waals surface area contributed by atoms with Crippen LogP contribution >= 0.6 is 11.3 Å². The van der Waals surface area contributed by atoms with Crippen LogP contribution in [0, 0.1) is 6.92 Å². The SMILES string of the molecule is COc1ccc(CC(=O)N(CCCc2ccccc2)Cc2nc(C(=O)NS(N)=O)c(C)s2)cc1. The summed E-state index contributed by atoms with van der Waals surface area (Å²) in [5.74, 6) is 0.111. The predicted molar refractivity (Wildman–Crippen MR) is 134 cm³/mol. The molecule has 0 spiro atoms. The van der Waals surface area contributed by atoms with Crippen LogP contribution in [0.4, 0.5) is 0 Å². The second kappa shape index (κ2) is 12.4. The molecule has 0 aliphatic carbocycles. The van der Waals surface area contributed by atoms with Crippen LogP contribution in [0.5, 0.6) is 5.75 Å². The highest BCUT2D eigenvalue weighted by atomic mass is 32.2. The number of nitrogens with two attached hydrogens (primary N) is 1. The molecule has 3 rings (SSSR count). The molecule has 3 N–H and O–H groups in total. The predicted octanol–water partition coefficient (Wildman–Crippen LogP) is 2.93. The third-order valence-corrected chi connectivity index (χ3v) is 6.52. The molecule has 0 fully saturated rings. The highest BCUT2D eigenvalue weighted by Gasteiger charge is 2.20. The molecule has 1 unspecified atom stereocenters. The van der Waals surface area contributed by atoms with Gasteiger partial charge >= 0.3 is 0 Å². The molecule has 3 aromatic rings. The van der Waals surface area contributed by atoms with Gasteiger partial charge in [0.05, 0.1) is 20.1 Å². The molecule has 10 heteroatoms. The summed E-state index contributed by atoms with van der Waals surface area (Å²) in [6.07, 6.45) is 1.89. The van der Waals surface area contributed by atoms with E-state index in [2.05, 4.69) is 21.8 Å². The quantitative estimate of drug-likeness (QED) is 0.420. The molecule has 34 heavy (non-hydrogen) atoms. The van der Waals surface area contributed by atoms with Crippen LogP contribution < -0.4 is 14.6 Å². The molecule has 180 valence electrons. The first-order chi connectivity index (χ1) is 16.4. The Balaban J connectivity index is 1.72. The highest BCUT2D eigenvalue weighted by molar-refractivity contribution is 7.81. The summed E-state index contributed by atoms with van der Waals surface area (Å²) >= 11 is -0.635. The van der Waals surface area contributed by atoms with E-state index in [1.807, 2.05) is 42.5 Å². The van der Waals surface area contributed by atoms with Gasteiger partial charge in [0.25, 0.3) is 5.91 Å². The van der Waals surface area contributed by atoms with E-state index in [0.29, 0.717) is 16.4 Å². The summed E-state index contributed by atoms with van der Waals surface area (Å²) in [7, 11) is 1.60. The normalized spacial score (nSPS) is 11.6. The van der Waals surface area contributed by atoms with E-state index < -0.39 is 17.1 Å². The van der Waals surface area contributed by atoms with Gasteiger partial charge in [-0.2, -0.15) is 0 Å². The topological polar surface area (TPSA) is 115 Å². The summed E-state index contributed by atoms with van der Waals surface area (Å²) in [5, 5.41) is 5.79. The molecule has 0 bridgehead atoms. The maximum Gasteiger partial charge on any atom is 0.283 e. The first kappa shape index (κ1) is 25.5. The fraction of sp³-hybridized carbons (Fsp3) is 0.292. The van der Waals surface area contributed by atoms with Gasteiger partial charge in [-0.3, -0.25) is 14.3 Å². The second-order valence-corrected chi connectivity index (χ2v) is 9.76. The molecule has 0 radical (unpaired) electrons. The average Bonchev–Trinajstić information content (AvgIpc) is 3.19. The largest absolute Gasteiger partial charge is 0.497 e. The number of hydrogen-bond acceptors (Lipinski definition) is 6. The number of rotatable bonds is 11. The van der Waals surface area contributed by atoms with Gasteiger partial charge in [0.15, 0.2) is 11.2 Å². The maximum atomic E-state index is 13.2. The van der Waals surface area contributed by atoms with E-state index in [0.717, 1.165) is 24.2 Å². The number of carbonyl (C=O) groups is 2. The number of amides is 2. The van der Waals surface area contributed by atoms with E-state index in [1.54, 1.807) is 18.9 Å². The minimum atomic E-state index is -1.97. The number of nitrogens with zero attached hydrogens (tertiary/aromatic N) is 2. The number of hydrogen-bond donors (Lipinski definition) is 2. The zero-order valence-corrected chi connectivity index (χ0v) is 20.8. The molecule has 1 aromatic heterocycles. The van der Waals surface area contributed by atoms with E-state index in [1.165, 1.54) is 16.9 Å². The molecule has 0 saturated carbocycles. The lowest BCUT2D eigenvalue weighted by atomic mass is 10.1. The molecule has 1 heterocycles. The fourth-order valence-corrected chi connectivity index (χ4v) is 4.70. The number of benzene rings is 2. The van der Waals surface area contributed by atoms with Crippen molar-refractivity contribution in [1.82, 2.24) is 14.6 Å². The van der Waals surface area contributed by atoms with Gasteiger partial charge in [0.1, 0.15) is 16.5 Å². The second-order valence-electron chi connectivity index (χ2n) is 7.67. The smallest absolute Gasteiger partial charge is 0.283 e. The van der Waals surface area contributed by atoms with Gasteiger partial charge in [-0.05, 0) is 43.0 Å². The van der Waals surface area contributed by atoms with Gasteiger partial charge in [-0.25, -0.2) is 14.3 Å². The van der Waals surface area contributed by atoms with Crippen molar-refractivity contribution in [3.63, 3.8) is 0 Å². The van der Waals surface area contributed by atoms with Crippen LogP contribution in [-0.4, -0.2) is 39.6 Å². The Morgan fingerprint density at radius 1 is 1.12 bits per heavy atom. The molecule has 2 aromatic carbocycles. The molecule has 0 aliphatic rings. The summed E-state index contributed by atoms with van der Waals surface area (Å²) in [5.41, 5.74) is 2.27. The van der Waals surface area contributed by atoms with Crippen molar-refractivity contribution in [2.24, 2.45) is 5.14 Å². The van der Waals surface area contributed by atoms with E-state index >= 15 is 0 Å². The third-order valence-electron chi connectivity index (χ3n) is 5.18. The summed E-state index contributed by atoms with van der Waals surface area (Å²) in [6.45, 7) is 2.60. The van der Waals surface area contributed by atoms with Gasteiger partial charge in [-0.15, -0.1) is 11.3 Å². The molecular formula is C24H28N4O4S2. The first-order valence-corrected chi connectivity index (χ1v) is 12.8. The van der Waals surface area contributed by atoms with E-state index in [9.17, 15) is 13.8 Å². The lowest BCUT2D eigenvalue weighted by molar-refractivity contribution is -0.131. The van der Waals surface area contributed by atoms with Gasteiger partial charge in [0, 0.05) is 11.4 Å². The van der Waals surface area contributed by atoms with Crippen molar-refractivity contribution in [3.05, 3.63) is 81.3 Å². The Kier molecular flexibility index (Phi) is 9.32. The van der Waals surface area contributed by atoms with Crippen molar-refractivity contribution < 1.29 is 18.5 Å². The van der Waals surface area contributed by atoms with Crippen LogP contribution in [0.1, 0.15) is 37.9 Å². The average molecular weight is 501 g/mol. The van der Waals surface area contributed by atoms with Crippen LogP contribution in [-0.2, 0) is 35.4 Å². The Morgan fingerprint density at radius 2 is 1.82 bits per heavy atom. The number of aryl methyl sites for hydroxylation is 2. The fourth-order valence-electron chi connectivity index (χ4n) is 3.47.